The molecule has 0 fully saturated rings. The van der Waals surface area contributed by atoms with Gasteiger partial charge in [0.05, 0.1) is 7.05 Å². The predicted molar refractivity (Wildman–Crippen MR) is 56.3 cm³/mol. The number of carbonyl (C=O) groups is 2. The largest absolute Gasteiger partial charge is 0.443 e. The van der Waals surface area contributed by atoms with Crippen LogP contribution in [0.3, 0.4) is 0 Å². The molecule has 0 bridgehead atoms. The van der Waals surface area contributed by atoms with Gasteiger partial charge in [-0.25, -0.2) is 4.79 Å². The number of ether oxygens (including phenoxy) is 1. The molecule has 0 saturated heterocycles. The minimum absolute atomic E-state index is 0.145. The van der Waals surface area contributed by atoms with E-state index in [1.54, 1.807) is 0 Å². The lowest BCUT2D eigenvalue weighted by Crippen LogP contribution is -2.27. The first kappa shape index (κ1) is 12.0. The van der Waals surface area contributed by atoms with E-state index in [1.807, 2.05) is 31.2 Å². The van der Waals surface area contributed by atoms with Gasteiger partial charge in [-0.3, -0.25) is 4.79 Å². The normalized spacial score (nSPS) is 9.38. The van der Waals surface area contributed by atoms with Gasteiger partial charge in [-0.1, -0.05) is 29.8 Å². The van der Waals surface area contributed by atoms with Gasteiger partial charge in [-0.2, -0.15) is 0 Å². The average Bonchev–Trinajstić information content (AvgIpc) is 2.28. The van der Waals surface area contributed by atoms with Crippen LogP contribution in [0.4, 0.5) is 4.79 Å². The van der Waals surface area contributed by atoms with E-state index in [1.165, 1.54) is 7.05 Å². The highest BCUT2D eigenvalue weighted by Crippen LogP contribution is 2.05. The van der Waals surface area contributed by atoms with Gasteiger partial charge < -0.3 is 9.57 Å². The number of hydrogen-bond acceptors (Lipinski definition) is 4. The first-order valence-electron chi connectivity index (χ1n) is 4.70. The maximum Gasteiger partial charge on any atom is 0.443 e. The molecule has 16 heavy (non-hydrogen) atoms. The minimum Gasteiger partial charge on any atom is -0.442 e. The molecule has 1 aromatic rings. The van der Waals surface area contributed by atoms with Gasteiger partial charge in [0.25, 0.3) is 0 Å². The van der Waals surface area contributed by atoms with E-state index in [0.717, 1.165) is 16.2 Å². The summed E-state index contributed by atoms with van der Waals surface area (Å²) in [6.45, 7) is 2.28. The fourth-order valence-corrected chi connectivity index (χ4v) is 1.03. The summed E-state index contributed by atoms with van der Waals surface area (Å²) in [5, 5.41) is 0.723. The molecule has 5 heteroatoms. The Balaban J connectivity index is 2.42. The summed E-state index contributed by atoms with van der Waals surface area (Å²) in [7, 11) is 1.30. The zero-order chi connectivity index (χ0) is 12.0. The Hall–Kier alpha value is -2.04. The number of aryl methyl sites for hydroxylation is 1. The standard InChI is InChI=1S/C11H13NO4/c1-9-3-5-10(6-4-9)7-15-11(14)12(2)16-8-13/h3-6,8H,7H2,1-2H3. The molecule has 0 aromatic heterocycles. The van der Waals surface area contributed by atoms with Crippen molar-refractivity contribution in [3.8, 4) is 0 Å². The summed E-state index contributed by atoms with van der Waals surface area (Å²) < 4.78 is 4.89. The van der Waals surface area contributed by atoms with Crippen LogP contribution < -0.4 is 0 Å². The molecular weight excluding hydrogens is 210 g/mol. The second kappa shape index (κ2) is 5.75. The summed E-state index contributed by atoms with van der Waals surface area (Å²) in [5.74, 6) is 0. The van der Waals surface area contributed by atoms with Crippen molar-refractivity contribution in [3.05, 3.63) is 35.4 Å². The summed E-state index contributed by atoms with van der Waals surface area (Å²) in [6.07, 6.45) is -0.715. The molecule has 0 N–H and O–H groups in total. The van der Waals surface area contributed by atoms with Crippen LogP contribution in [0.1, 0.15) is 11.1 Å². The van der Waals surface area contributed by atoms with Crippen LogP contribution in [0.5, 0.6) is 0 Å². The third kappa shape index (κ3) is 3.61. The van der Waals surface area contributed by atoms with E-state index in [-0.39, 0.29) is 13.1 Å². The van der Waals surface area contributed by atoms with Crippen molar-refractivity contribution in [3.63, 3.8) is 0 Å². The Morgan fingerprint density at radius 1 is 1.38 bits per heavy atom. The Labute approximate surface area is 93.5 Å². The number of amides is 1. The summed E-state index contributed by atoms with van der Waals surface area (Å²) in [5.41, 5.74) is 2.01. The molecule has 0 radical (unpaired) electrons. The number of benzene rings is 1. The number of hydroxylamine groups is 2. The van der Waals surface area contributed by atoms with Crippen LogP contribution in [0.25, 0.3) is 0 Å². The van der Waals surface area contributed by atoms with Crippen LogP contribution in [0.15, 0.2) is 24.3 Å². The summed E-state index contributed by atoms with van der Waals surface area (Å²) in [4.78, 5) is 25.4. The first-order chi connectivity index (χ1) is 7.63. The Morgan fingerprint density at radius 3 is 2.56 bits per heavy atom. The molecule has 0 atom stereocenters. The Morgan fingerprint density at radius 2 is 2.00 bits per heavy atom. The van der Waals surface area contributed by atoms with E-state index in [2.05, 4.69) is 4.84 Å². The van der Waals surface area contributed by atoms with Gasteiger partial charge in [-0.15, -0.1) is 5.06 Å². The molecule has 0 spiro atoms. The molecule has 1 amide bonds. The lowest BCUT2D eigenvalue weighted by atomic mass is 10.2. The second-order valence-corrected chi connectivity index (χ2v) is 3.24. The van der Waals surface area contributed by atoms with E-state index in [9.17, 15) is 9.59 Å². The average molecular weight is 223 g/mol. The summed E-state index contributed by atoms with van der Waals surface area (Å²) >= 11 is 0. The fourth-order valence-electron chi connectivity index (χ4n) is 1.03. The van der Waals surface area contributed by atoms with Gasteiger partial charge in [-0.05, 0) is 12.5 Å². The smallest absolute Gasteiger partial charge is 0.442 e. The molecule has 86 valence electrons. The molecule has 0 heterocycles. The molecule has 1 rings (SSSR count). The lowest BCUT2D eigenvalue weighted by molar-refractivity contribution is -0.159. The van der Waals surface area contributed by atoms with Gasteiger partial charge in [0, 0.05) is 0 Å². The van der Waals surface area contributed by atoms with Gasteiger partial charge in [0.15, 0.2) is 0 Å². The van der Waals surface area contributed by atoms with Crippen molar-refractivity contribution in [2.75, 3.05) is 7.05 Å². The molecule has 0 aliphatic rings. The van der Waals surface area contributed by atoms with Crippen molar-refractivity contribution in [2.45, 2.75) is 13.5 Å². The van der Waals surface area contributed by atoms with Crippen molar-refractivity contribution in [1.29, 1.82) is 0 Å². The van der Waals surface area contributed by atoms with E-state index < -0.39 is 6.09 Å². The Bertz CT molecular complexity index is 361. The number of hydrogen-bond donors (Lipinski definition) is 0. The first-order valence-corrected chi connectivity index (χ1v) is 4.70. The quantitative estimate of drug-likeness (QED) is 0.575. The highest BCUT2D eigenvalue weighted by molar-refractivity contribution is 5.66. The van der Waals surface area contributed by atoms with Crippen LogP contribution in [-0.4, -0.2) is 24.7 Å². The monoisotopic (exact) mass is 223 g/mol. The van der Waals surface area contributed by atoms with Gasteiger partial charge in [0.1, 0.15) is 6.61 Å². The lowest BCUT2D eigenvalue weighted by Gasteiger charge is -2.12. The SMILES string of the molecule is Cc1ccc(COC(=O)N(C)OC=O)cc1. The third-order valence-electron chi connectivity index (χ3n) is 1.94. The molecule has 5 nitrogen and oxygen atoms in total. The van der Waals surface area contributed by atoms with Crippen LogP contribution in [0.2, 0.25) is 0 Å². The van der Waals surface area contributed by atoms with Gasteiger partial charge >= 0.3 is 12.6 Å². The van der Waals surface area contributed by atoms with Crippen molar-refractivity contribution >= 4 is 12.6 Å². The molecule has 0 aliphatic carbocycles. The molecule has 0 aliphatic heterocycles. The minimum atomic E-state index is -0.715. The van der Waals surface area contributed by atoms with E-state index >= 15 is 0 Å². The summed E-state index contributed by atoms with van der Waals surface area (Å²) in [6, 6.07) is 7.58. The topological polar surface area (TPSA) is 55.8 Å². The van der Waals surface area contributed by atoms with Crippen LogP contribution >= 0.6 is 0 Å². The second-order valence-electron chi connectivity index (χ2n) is 3.24. The Kier molecular flexibility index (Phi) is 4.32. The van der Waals surface area contributed by atoms with Gasteiger partial charge in [0.2, 0.25) is 0 Å². The van der Waals surface area contributed by atoms with Crippen LogP contribution in [-0.2, 0) is 21.0 Å². The molecule has 0 saturated carbocycles. The highest BCUT2D eigenvalue weighted by atomic mass is 16.7. The number of nitrogens with zero attached hydrogens (tertiary/aromatic N) is 1. The van der Waals surface area contributed by atoms with E-state index in [4.69, 9.17) is 4.74 Å². The maximum atomic E-state index is 11.2. The maximum absolute atomic E-state index is 11.2. The van der Waals surface area contributed by atoms with Crippen LogP contribution in [0, 0.1) is 6.92 Å². The molecular formula is C11H13NO4. The number of rotatable bonds is 4. The zero-order valence-corrected chi connectivity index (χ0v) is 9.17. The zero-order valence-electron chi connectivity index (χ0n) is 9.17. The third-order valence-corrected chi connectivity index (χ3v) is 1.94. The number of carbonyl (C=O) groups excluding carboxylic acids is 2. The fraction of sp³-hybridized carbons (Fsp3) is 0.273. The molecule has 0 unspecified atom stereocenters. The highest BCUT2D eigenvalue weighted by Gasteiger charge is 2.10. The van der Waals surface area contributed by atoms with Crippen molar-refractivity contribution < 1.29 is 19.2 Å². The van der Waals surface area contributed by atoms with E-state index in [0.29, 0.717) is 0 Å². The van der Waals surface area contributed by atoms with Crippen molar-refractivity contribution in [2.24, 2.45) is 0 Å². The predicted octanol–water partition coefficient (Wildman–Crippen LogP) is 1.65. The molecule has 1 aromatic carbocycles. The van der Waals surface area contributed by atoms with Crippen molar-refractivity contribution in [1.82, 2.24) is 5.06 Å².